The molecule has 2 heterocycles. The third-order valence-electron chi connectivity index (χ3n) is 2.68. The summed E-state index contributed by atoms with van der Waals surface area (Å²) in [7, 11) is 0. The Morgan fingerprint density at radius 3 is 3.00 bits per heavy atom. The van der Waals surface area contributed by atoms with Crippen LogP contribution >= 0.6 is 11.3 Å². The first-order valence-electron chi connectivity index (χ1n) is 5.55. The number of imidazole rings is 1. The number of hydrogen-bond acceptors (Lipinski definition) is 3. The maximum absolute atomic E-state index is 4.33. The molecule has 0 aromatic carbocycles. The van der Waals surface area contributed by atoms with Gasteiger partial charge in [-0.05, 0) is 30.9 Å². The second-order valence-electron chi connectivity index (χ2n) is 3.76. The fourth-order valence-electron chi connectivity index (χ4n) is 1.67. The summed E-state index contributed by atoms with van der Waals surface area (Å²) in [5, 5.41) is 5.57. The van der Waals surface area contributed by atoms with E-state index in [0.717, 1.165) is 25.5 Å². The van der Waals surface area contributed by atoms with Gasteiger partial charge in [0.05, 0.1) is 6.54 Å². The lowest BCUT2D eigenvalue weighted by molar-refractivity contribution is 0.615. The van der Waals surface area contributed by atoms with Gasteiger partial charge in [-0.1, -0.05) is 0 Å². The highest BCUT2D eigenvalue weighted by molar-refractivity contribution is 7.10. The fourth-order valence-corrected chi connectivity index (χ4v) is 2.54. The van der Waals surface area contributed by atoms with Gasteiger partial charge in [-0.2, -0.15) is 0 Å². The number of nitrogens with one attached hydrogen (secondary N) is 1. The zero-order chi connectivity index (χ0) is 11.4. The molecule has 0 aliphatic heterocycles. The van der Waals surface area contributed by atoms with E-state index in [1.165, 1.54) is 10.4 Å². The predicted octanol–water partition coefficient (Wildman–Crippen LogP) is 2.56. The van der Waals surface area contributed by atoms with Crippen LogP contribution in [0.3, 0.4) is 0 Å². The topological polar surface area (TPSA) is 29.9 Å². The summed E-state index contributed by atoms with van der Waals surface area (Å²) < 4.78 is 2.16. The molecule has 0 bridgehead atoms. The van der Waals surface area contributed by atoms with Crippen LogP contribution in [0, 0.1) is 6.92 Å². The van der Waals surface area contributed by atoms with E-state index in [2.05, 4.69) is 40.2 Å². The number of thiophene rings is 1. The molecule has 0 saturated heterocycles. The Morgan fingerprint density at radius 1 is 1.44 bits per heavy atom. The Hall–Kier alpha value is -1.13. The zero-order valence-electron chi connectivity index (χ0n) is 9.73. The van der Waals surface area contributed by atoms with Crippen LogP contribution in [0.4, 0.5) is 0 Å². The predicted molar refractivity (Wildman–Crippen MR) is 67.5 cm³/mol. The zero-order valence-corrected chi connectivity index (χ0v) is 10.5. The van der Waals surface area contributed by atoms with Gasteiger partial charge in [0.1, 0.15) is 5.82 Å². The summed E-state index contributed by atoms with van der Waals surface area (Å²) in [6, 6.07) is 2.16. The molecular weight excluding hydrogens is 218 g/mol. The van der Waals surface area contributed by atoms with Crippen LogP contribution in [-0.4, -0.2) is 9.55 Å². The average molecular weight is 235 g/mol. The summed E-state index contributed by atoms with van der Waals surface area (Å²) in [6.45, 7) is 7.03. The van der Waals surface area contributed by atoms with Crippen molar-refractivity contribution >= 4 is 11.3 Å². The summed E-state index contributed by atoms with van der Waals surface area (Å²) in [4.78, 5) is 5.74. The van der Waals surface area contributed by atoms with E-state index in [-0.39, 0.29) is 0 Å². The summed E-state index contributed by atoms with van der Waals surface area (Å²) in [6.07, 6.45) is 3.88. The molecule has 0 radical (unpaired) electrons. The molecule has 2 rings (SSSR count). The van der Waals surface area contributed by atoms with Crippen molar-refractivity contribution in [3.05, 3.63) is 40.1 Å². The first kappa shape index (κ1) is 11.4. The van der Waals surface area contributed by atoms with Crippen LogP contribution in [0.25, 0.3) is 0 Å². The highest BCUT2D eigenvalue weighted by Crippen LogP contribution is 2.14. The van der Waals surface area contributed by atoms with Gasteiger partial charge in [-0.3, -0.25) is 0 Å². The fraction of sp³-hybridized carbons (Fsp3) is 0.417. The second-order valence-corrected chi connectivity index (χ2v) is 4.76. The number of hydrogen-bond donors (Lipinski definition) is 1. The largest absolute Gasteiger partial charge is 0.334 e. The highest BCUT2D eigenvalue weighted by atomic mass is 32.1. The smallest absolute Gasteiger partial charge is 0.122 e. The minimum atomic E-state index is 0.832. The lowest BCUT2D eigenvalue weighted by Gasteiger charge is -2.06. The second kappa shape index (κ2) is 5.27. The van der Waals surface area contributed by atoms with Crippen molar-refractivity contribution in [1.29, 1.82) is 0 Å². The number of rotatable bonds is 5. The van der Waals surface area contributed by atoms with Crippen molar-refractivity contribution in [2.75, 3.05) is 0 Å². The van der Waals surface area contributed by atoms with Crippen molar-refractivity contribution < 1.29 is 0 Å². The van der Waals surface area contributed by atoms with Crippen molar-refractivity contribution in [3.8, 4) is 0 Å². The maximum atomic E-state index is 4.33. The molecule has 0 unspecified atom stereocenters. The Kier molecular flexibility index (Phi) is 3.74. The monoisotopic (exact) mass is 235 g/mol. The maximum Gasteiger partial charge on any atom is 0.122 e. The lowest BCUT2D eigenvalue weighted by atomic mass is 10.3. The summed E-state index contributed by atoms with van der Waals surface area (Å²) in [5.74, 6) is 1.11. The first-order chi connectivity index (χ1) is 7.81. The molecule has 0 saturated carbocycles. The van der Waals surface area contributed by atoms with Crippen molar-refractivity contribution in [1.82, 2.24) is 14.9 Å². The van der Waals surface area contributed by atoms with Crippen LogP contribution in [0.1, 0.15) is 23.2 Å². The average Bonchev–Trinajstić information content (AvgIpc) is 2.88. The van der Waals surface area contributed by atoms with E-state index in [0.29, 0.717) is 0 Å². The molecule has 0 fully saturated rings. The molecule has 0 spiro atoms. The molecule has 0 amide bonds. The quantitative estimate of drug-likeness (QED) is 0.863. The van der Waals surface area contributed by atoms with Crippen LogP contribution in [0.5, 0.6) is 0 Å². The van der Waals surface area contributed by atoms with Gasteiger partial charge in [0.25, 0.3) is 0 Å². The standard InChI is InChI=1S/C12H17N3S/c1-3-15-6-5-14-12(15)9-13-8-11-10(2)4-7-16-11/h4-7,13H,3,8-9H2,1-2H3. The molecule has 3 nitrogen and oxygen atoms in total. The van der Waals surface area contributed by atoms with Crippen LogP contribution in [-0.2, 0) is 19.6 Å². The number of nitrogens with zero attached hydrogens (tertiary/aromatic N) is 2. The Morgan fingerprint density at radius 2 is 2.31 bits per heavy atom. The van der Waals surface area contributed by atoms with Gasteiger partial charge in [-0.15, -0.1) is 11.3 Å². The van der Waals surface area contributed by atoms with Crippen molar-refractivity contribution in [2.24, 2.45) is 0 Å². The molecule has 86 valence electrons. The van der Waals surface area contributed by atoms with E-state index < -0.39 is 0 Å². The van der Waals surface area contributed by atoms with Gasteiger partial charge < -0.3 is 9.88 Å². The third-order valence-corrected chi connectivity index (χ3v) is 3.70. The van der Waals surface area contributed by atoms with Gasteiger partial charge >= 0.3 is 0 Å². The normalized spacial score (nSPS) is 10.9. The third kappa shape index (κ3) is 2.51. The van der Waals surface area contributed by atoms with E-state index in [9.17, 15) is 0 Å². The number of aromatic nitrogens is 2. The molecule has 0 atom stereocenters. The molecule has 4 heteroatoms. The molecule has 2 aromatic rings. The van der Waals surface area contributed by atoms with Crippen LogP contribution in [0.2, 0.25) is 0 Å². The molecule has 1 N–H and O–H groups in total. The van der Waals surface area contributed by atoms with E-state index in [1.54, 1.807) is 11.3 Å². The van der Waals surface area contributed by atoms with Crippen LogP contribution < -0.4 is 5.32 Å². The van der Waals surface area contributed by atoms with Crippen molar-refractivity contribution in [2.45, 2.75) is 33.5 Å². The summed E-state index contributed by atoms with van der Waals surface area (Å²) >= 11 is 1.81. The van der Waals surface area contributed by atoms with E-state index in [1.807, 2.05) is 12.4 Å². The van der Waals surface area contributed by atoms with Crippen LogP contribution in [0.15, 0.2) is 23.8 Å². The van der Waals surface area contributed by atoms with Gasteiger partial charge in [0.2, 0.25) is 0 Å². The van der Waals surface area contributed by atoms with Crippen molar-refractivity contribution in [3.63, 3.8) is 0 Å². The SMILES string of the molecule is CCn1ccnc1CNCc1sccc1C. The Bertz CT molecular complexity index is 445. The number of aryl methyl sites for hydroxylation is 2. The van der Waals surface area contributed by atoms with E-state index >= 15 is 0 Å². The van der Waals surface area contributed by atoms with Gasteiger partial charge in [0.15, 0.2) is 0 Å². The molecule has 0 aliphatic carbocycles. The van der Waals surface area contributed by atoms with Gasteiger partial charge in [-0.25, -0.2) is 4.98 Å². The molecular formula is C12H17N3S. The van der Waals surface area contributed by atoms with Gasteiger partial charge in [0, 0.05) is 30.4 Å². The lowest BCUT2D eigenvalue weighted by Crippen LogP contribution is -2.16. The summed E-state index contributed by atoms with van der Waals surface area (Å²) in [5.41, 5.74) is 1.37. The minimum absolute atomic E-state index is 0.832. The Balaban J connectivity index is 1.87. The Labute approximate surface area is 100 Å². The molecule has 2 aromatic heterocycles. The minimum Gasteiger partial charge on any atom is -0.334 e. The van der Waals surface area contributed by atoms with E-state index in [4.69, 9.17) is 0 Å². The first-order valence-corrected chi connectivity index (χ1v) is 6.43. The highest BCUT2D eigenvalue weighted by Gasteiger charge is 2.02. The molecule has 16 heavy (non-hydrogen) atoms. The molecule has 0 aliphatic rings.